The second-order valence-electron chi connectivity index (χ2n) is 7.45. The van der Waals surface area contributed by atoms with E-state index in [-0.39, 0.29) is 24.1 Å². The van der Waals surface area contributed by atoms with E-state index in [0.717, 1.165) is 25.9 Å². The van der Waals surface area contributed by atoms with E-state index in [1.54, 1.807) is 18.3 Å². The van der Waals surface area contributed by atoms with Crippen molar-refractivity contribution in [2.45, 2.75) is 45.3 Å². The van der Waals surface area contributed by atoms with E-state index in [9.17, 15) is 9.59 Å². The molecule has 1 aromatic heterocycles. The number of ether oxygens (including phenoxy) is 1. The van der Waals surface area contributed by atoms with Crippen molar-refractivity contribution in [2.75, 3.05) is 44.2 Å². The van der Waals surface area contributed by atoms with Crippen molar-refractivity contribution in [1.82, 2.24) is 20.5 Å². The number of anilines is 1. The van der Waals surface area contributed by atoms with Crippen LogP contribution in [0.25, 0.3) is 0 Å². The van der Waals surface area contributed by atoms with E-state index < -0.39 is 0 Å². The van der Waals surface area contributed by atoms with Gasteiger partial charge in [-0.1, -0.05) is 6.92 Å². The number of nitrogens with one attached hydrogen (secondary N) is 2. The SMILES string of the molecule is CC[C@H](C)NC(=O)N1CCN(c2ncccc2C(=O)NC[C@@H]2CCCO2)CC1. The molecule has 2 aliphatic heterocycles. The Hall–Kier alpha value is -2.35. The first-order valence-corrected chi connectivity index (χ1v) is 10.2. The van der Waals surface area contributed by atoms with Gasteiger partial charge in [-0.05, 0) is 38.3 Å². The molecule has 2 atom stereocenters. The average molecular weight is 390 g/mol. The molecule has 0 unspecified atom stereocenters. The summed E-state index contributed by atoms with van der Waals surface area (Å²) in [5.74, 6) is 0.546. The second kappa shape index (κ2) is 9.73. The summed E-state index contributed by atoms with van der Waals surface area (Å²) in [4.78, 5) is 33.3. The average Bonchev–Trinajstić information content (AvgIpc) is 3.25. The van der Waals surface area contributed by atoms with Crippen LogP contribution >= 0.6 is 0 Å². The smallest absolute Gasteiger partial charge is 0.317 e. The Kier molecular flexibility index (Phi) is 7.08. The highest BCUT2D eigenvalue weighted by molar-refractivity contribution is 5.98. The first-order valence-electron chi connectivity index (χ1n) is 10.2. The fourth-order valence-electron chi connectivity index (χ4n) is 3.46. The zero-order valence-corrected chi connectivity index (χ0v) is 16.8. The van der Waals surface area contributed by atoms with Gasteiger partial charge in [0.05, 0.1) is 11.7 Å². The molecule has 8 nitrogen and oxygen atoms in total. The van der Waals surface area contributed by atoms with Crippen LogP contribution in [-0.4, -0.2) is 73.3 Å². The van der Waals surface area contributed by atoms with Crippen molar-refractivity contribution in [3.8, 4) is 0 Å². The Balaban J connectivity index is 1.57. The summed E-state index contributed by atoms with van der Waals surface area (Å²) in [5.41, 5.74) is 0.568. The lowest BCUT2D eigenvalue weighted by Gasteiger charge is -2.36. The summed E-state index contributed by atoms with van der Waals surface area (Å²) in [5, 5.41) is 5.97. The quantitative estimate of drug-likeness (QED) is 0.772. The van der Waals surface area contributed by atoms with E-state index in [1.165, 1.54) is 0 Å². The highest BCUT2D eigenvalue weighted by Gasteiger charge is 2.26. The van der Waals surface area contributed by atoms with Crippen molar-refractivity contribution in [2.24, 2.45) is 0 Å². The molecule has 1 aromatic rings. The Morgan fingerprint density at radius 3 is 2.79 bits per heavy atom. The molecule has 154 valence electrons. The molecule has 0 aliphatic carbocycles. The van der Waals surface area contributed by atoms with Gasteiger partial charge in [0.2, 0.25) is 0 Å². The monoisotopic (exact) mass is 389 g/mol. The Bertz CT molecular complexity index is 670. The van der Waals surface area contributed by atoms with Crippen LogP contribution in [0.2, 0.25) is 0 Å². The van der Waals surface area contributed by atoms with Gasteiger partial charge >= 0.3 is 6.03 Å². The Labute approximate surface area is 166 Å². The molecule has 0 saturated carbocycles. The molecule has 0 bridgehead atoms. The van der Waals surface area contributed by atoms with Gasteiger partial charge in [0.1, 0.15) is 5.82 Å². The molecule has 2 saturated heterocycles. The number of carbonyl (C=O) groups is 2. The summed E-state index contributed by atoms with van der Waals surface area (Å²) in [6.45, 7) is 7.86. The molecule has 3 heterocycles. The van der Waals surface area contributed by atoms with Crippen LogP contribution in [0, 0.1) is 0 Å². The van der Waals surface area contributed by atoms with Crippen molar-refractivity contribution >= 4 is 17.8 Å². The standard InChI is InChI=1S/C20H31N5O3/c1-3-15(2)23-20(27)25-11-9-24(10-12-25)18-17(7-4-8-21-18)19(26)22-14-16-6-5-13-28-16/h4,7-8,15-16H,3,5-6,9-14H2,1-2H3,(H,22,26)(H,23,27)/t15-,16-/m0/s1. The van der Waals surface area contributed by atoms with Crippen molar-refractivity contribution < 1.29 is 14.3 Å². The number of nitrogens with zero attached hydrogens (tertiary/aromatic N) is 3. The maximum atomic E-state index is 12.7. The molecule has 2 aliphatic rings. The van der Waals surface area contributed by atoms with Crippen LogP contribution in [0.4, 0.5) is 10.6 Å². The largest absolute Gasteiger partial charge is 0.376 e. The molecule has 8 heteroatoms. The van der Waals surface area contributed by atoms with Gasteiger partial charge in [0.25, 0.3) is 5.91 Å². The minimum atomic E-state index is -0.129. The molecule has 3 rings (SSSR count). The predicted octanol–water partition coefficient (Wildman–Crippen LogP) is 1.62. The van der Waals surface area contributed by atoms with E-state index in [0.29, 0.717) is 44.1 Å². The Morgan fingerprint density at radius 1 is 1.32 bits per heavy atom. The highest BCUT2D eigenvalue weighted by atomic mass is 16.5. The predicted molar refractivity (Wildman–Crippen MR) is 108 cm³/mol. The van der Waals surface area contributed by atoms with Crippen molar-refractivity contribution in [3.63, 3.8) is 0 Å². The number of hydrogen-bond acceptors (Lipinski definition) is 5. The van der Waals surface area contributed by atoms with E-state index in [1.807, 2.05) is 11.8 Å². The third-order valence-electron chi connectivity index (χ3n) is 5.39. The number of pyridine rings is 1. The molecule has 2 fully saturated rings. The van der Waals surface area contributed by atoms with Crippen LogP contribution in [0.5, 0.6) is 0 Å². The first kappa shape index (κ1) is 20.4. The van der Waals surface area contributed by atoms with Crippen LogP contribution in [0.3, 0.4) is 0 Å². The number of rotatable bonds is 6. The van der Waals surface area contributed by atoms with Crippen LogP contribution < -0.4 is 15.5 Å². The third-order valence-corrected chi connectivity index (χ3v) is 5.39. The van der Waals surface area contributed by atoms with Gasteiger partial charge in [-0.2, -0.15) is 0 Å². The van der Waals surface area contributed by atoms with E-state index >= 15 is 0 Å². The molecule has 28 heavy (non-hydrogen) atoms. The van der Waals surface area contributed by atoms with Gasteiger partial charge in [0.15, 0.2) is 0 Å². The summed E-state index contributed by atoms with van der Waals surface area (Å²) in [6.07, 6.45) is 4.75. The molecular weight excluding hydrogens is 358 g/mol. The van der Waals surface area contributed by atoms with Crippen molar-refractivity contribution in [3.05, 3.63) is 23.9 Å². The van der Waals surface area contributed by atoms with Gasteiger partial charge in [-0.25, -0.2) is 9.78 Å². The lowest BCUT2D eigenvalue weighted by molar-refractivity contribution is 0.0857. The molecule has 0 radical (unpaired) electrons. The second-order valence-corrected chi connectivity index (χ2v) is 7.45. The van der Waals surface area contributed by atoms with Crippen LogP contribution in [-0.2, 0) is 4.74 Å². The maximum Gasteiger partial charge on any atom is 0.317 e. The fourth-order valence-corrected chi connectivity index (χ4v) is 3.46. The minimum absolute atomic E-state index is 0.0236. The third kappa shape index (κ3) is 5.13. The zero-order valence-electron chi connectivity index (χ0n) is 16.8. The highest BCUT2D eigenvalue weighted by Crippen LogP contribution is 2.19. The van der Waals surface area contributed by atoms with E-state index in [4.69, 9.17) is 4.74 Å². The number of carbonyl (C=O) groups excluding carboxylic acids is 2. The summed E-state index contributed by atoms with van der Waals surface area (Å²) in [7, 11) is 0. The number of aromatic nitrogens is 1. The summed E-state index contributed by atoms with van der Waals surface area (Å²) >= 11 is 0. The van der Waals surface area contributed by atoms with Crippen molar-refractivity contribution in [1.29, 1.82) is 0 Å². The fraction of sp³-hybridized carbons (Fsp3) is 0.650. The van der Waals surface area contributed by atoms with Gasteiger partial charge in [-0.15, -0.1) is 0 Å². The molecule has 3 amide bonds. The van der Waals surface area contributed by atoms with Crippen LogP contribution in [0.15, 0.2) is 18.3 Å². The Morgan fingerprint density at radius 2 is 2.11 bits per heavy atom. The zero-order chi connectivity index (χ0) is 19.9. The van der Waals surface area contributed by atoms with Gasteiger partial charge in [-0.3, -0.25) is 4.79 Å². The van der Waals surface area contributed by atoms with E-state index in [2.05, 4.69) is 27.4 Å². The van der Waals surface area contributed by atoms with Gasteiger partial charge in [0, 0.05) is 51.6 Å². The lowest BCUT2D eigenvalue weighted by atomic mass is 10.2. The van der Waals surface area contributed by atoms with Crippen LogP contribution in [0.1, 0.15) is 43.5 Å². The normalized spacial score (nSPS) is 20.7. The summed E-state index contributed by atoms with van der Waals surface area (Å²) in [6, 6.07) is 3.72. The topological polar surface area (TPSA) is 86.8 Å². The molecular formula is C20H31N5O3. The molecule has 2 N–H and O–H groups in total. The number of piperazine rings is 1. The minimum Gasteiger partial charge on any atom is -0.376 e. The number of hydrogen-bond donors (Lipinski definition) is 2. The maximum absolute atomic E-state index is 12.7. The molecule has 0 aromatic carbocycles. The molecule has 0 spiro atoms. The van der Waals surface area contributed by atoms with Gasteiger partial charge < -0.3 is 25.2 Å². The number of amides is 3. The summed E-state index contributed by atoms with van der Waals surface area (Å²) < 4.78 is 5.57. The lowest BCUT2D eigenvalue weighted by Crippen LogP contribution is -2.53. The number of urea groups is 1. The first-order chi connectivity index (χ1) is 13.6.